The molecule has 1 amide bonds. The van der Waals surface area contributed by atoms with E-state index >= 15 is 0 Å². The van der Waals surface area contributed by atoms with E-state index in [1.54, 1.807) is 24.3 Å². The van der Waals surface area contributed by atoms with Crippen LogP contribution in [0.3, 0.4) is 0 Å². The van der Waals surface area contributed by atoms with Crippen LogP contribution in [0.25, 0.3) is 0 Å². The van der Waals surface area contributed by atoms with Gasteiger partial charge in [-0.1, -0.05) is 52.7 Å². The van der Waals surface area contributed by atoms with E-state index < -0.39 is 10.9 Å². The van der Waals surface area contributed by atoms with Gasteiger partial charge < -0.3 is 10.2 Å². The maximum Gasteiger partial charge on any atom is 0.253 e. The Morgan fingerprint density at radius 3 is 2.30 bits per heavy atom. The third kappa shape index (κ3) is 5.35. The molecule has 1 unspecified atom stereocenters. The molecule has 0 heterocycles. The highest BCUT2D eigenvalue weighted by atomic mass is 16.2. The Balaban J connectivity index is 2.38. The fraction of sp³-hybridized carbons (Fsp3) is 0.500. The summed E-state index contributed by atoms with van der Waals surface area (Å²) in [5.74, 6) is -0.175. The number of benzene rings is 1. The minimum atomic E-state index is -0.629. The first-order valence-electron chi connectivity index (χ1n) is 10.5. The number of carbonyl (C=O) groups excluding carboxylic acids is 1. The van der Waals surface area contributed by atoms with Crippen LogP contribution in [0.15, 0.2) is 33.9 Å². The lowest BCUT2D eigenvalue weighted by atomic mass is 9.87. The van der Waals surface area contributed by atoms with Gasteiger partial charge in [0.15, 0.2) is 0 Å². The molecule has 1 atom stereocenters. The van der Waals surface area contributed by atoms with E-state index in [-0.39, 0.29) is 35.3 Å². The minimum Gasteiger partial charge on any atom is -0.377 e. The highest BCUT2D eigenvalue weighted by Crippen LogP contribution is 2.28. The summed E-state index contributed by atoms with van der Waals surface area (Å²) in [6.07, 6.45) is 2.96. The van der Waals surface area contributed by atoms with Crippen LogP contribution >= 0.6 is 0 Å². The molecule has 2 aromatic rings. The number of rotatable bonds is 9. The third-order valence-electron chi connectivity index (χ3n) is 5.53. The monoisotopic (exact) mass is 409 g/mol. The minimum absolute atomic E-state index is 0.0634. The average molecular weight is 410 g/mol. The highest BCUT2D eigenvalue weighted by Gasteiger charge is 2.32. The van der Waals surface area contributed by atoms with Crippen molar-refractivity contribution >= 4 is 17.3 Å². The molecule has 1 N–H and O–H groups in total. The third-order valence-corrected chi connectivity index (χ3v) is 5.53. The Kier molecular flexibility index (Phi) is 7.55. The lowest BCUT2D eigenvalue weighted by Gasteiger charge is -2.32. The fourth-order valence-electron chi connectivity index (χ4n) is 3.02. The van der Waals surface area contributed by atoms with E-state index in [1.807, 2.05) is 27.7 Å². The van der Waals surface area contributed by atoms with Crippen LogP contribution in [-0.4, -0.2) is 11.9 Å². The molecule has 30 heavy (non-hydrogen) atoms. The molecule has 0 saturated heterocycles. The maximum atomic E-state index is 13.0. The number of hydrogen-bond donors (Lipinski definition) is 1. The molecule has 0 radical (unpaired) electrons. The van der Waals surface area contributed by atoms with Crippen LogP contribution in [0, 0.1) is 16.7 Å². The molecule has 6 heteroatoms. The Bertz CT molecular complexity index is 987. The summed E-state index contributed by atoms with van der Waals surface area (Å²) in [4.78, 5) is 39.2. The first-order chi connectivity index (χ1) is 14.1. The van der Waals surface area contributed by atoms with Crippen LogP contribution in [0.5, 0.6) is 0 Å². The number of anilines is 2. The number of nitriles is 1. The molecule has 0 aliphatic heterocycles. The number of unbranched alkanes of at least 4 members (excludes halogenated alkanes) is 2. The molecule has 0 spiro atoms. The molecule has 2 rings (SSSR count). The second-order valence-electron chi connectivity index (χ2n) is 8.86. The second kappa shape index (κ2) is 9.71. The van der Waals surface area contributed by atoms with Crippen LogP contribution < -0.4 is 21.1 Å². The summed E-state index contributed by atoms with van der Waals surface area (Å²) in [5.41, 5.74) is 0.362. The van der Waals surface area contributed by atoms with Gasteiger partial charge in [0.25, 0.3) is 10.9 Å². The first kappa shape index (κ1) is 23.3. The first-order valence-corrected chi connectivity index (χ1v) is 10.5. The molecule has 0 aliphatic carbocycles. The molecule has 2 aromatic carbocycles. The molecule has 0 saturated carbocycles. The number of nitrogens with zero attached hydrogens (tertiary/aromatic N) is 2. The lowest BCUT2D eigenvalue weighted by Crippen LogP contribution is -2.47. The van der Waals surface area contributed by atoms with Gasteiger partial charge in [-0.25, -0.2) is 0 Å². The summed E-state index contributed by atoms with van der Waals surface area (Å²) >= 11 is 0. The van der Waals surface area contributed by atoms with E-state index in [0.29, 0.717) is 12.0 Å². The zero-order chi connectivity index (χ0) is 22.5. The standard InChI is InChI=1S/C24H31N3O3/c1-6-7-8-9-19(28)27(15-18-12-10-17(14-25)11-13-18)21-20(22(29)23(21)30)26-16(2)24(3,4)5/h10-13,16,26H,6-9,15H2,1-5H3. The van der Waals surface area contributed by atoms with Gasteiger partial charge in [0.1, 0.15) is 11.4 Å². The molecule has 160 valence electrons. The van der Waals surface area contributed by atoms with Crippen molar-refractivity contribution < 1.29 is 4.79 Å². The van der Waals surface area contributed by atoms with Crippen molar-refractivity contribution in [2.24, 2.45) is 5.41 Å². The molecule has 0 aromatic heterocycles. The number of amides is 1. The summed E-state index contributed by atoms with van der Waals surface area (Å²) in [6, 6.07) is 8.89. The molecule has 0 aliphatic rings. The predicted molar refractivity (Wildman–Crippen MR) is 120 cm³/mol. The number of nitrogens with one attached hydrogen (secondary N) is 1. The lowest BCUT2D eigenvalue weighted by molar-refractivity contribution is -0.118. The van der Waals surface area contributed by atoms with Crippen LogP contribution in [0.1, 0.15) is 71.4 Å². The SMILES string of the molecule is CCCCCC(=O)N(Cc1ccc(C#N)cc1)c1c(NC(C)C(C)(C)C)c(=O)c1=O. The van der Waals surface area contributed by atoms with Crippen molar-refractivity contribution in [1.29, 1.82) is 5.26 Å². The Labute approximate surface area is 178 Å². The van der Waals surface area contributed by atoms with Crippen molar-refractivity contribution in [3.8, 4) is 6.07 Å². The highest BCUT2D eigenvalue weighted by molar-refractivity contribution is 5.98. The van der Waals surface area contributed by atoms with Crippen molar-refractivity contribution in [1.82, 2.24) is 0 Å². The van der Waals surface area contributed by atoms with Gasteiger partial charge in [-0.15, -0.1) is 0 Å². The number of hydrogen-bond acceptors (Lipinski definition) is 5. The van der Waals surface area contributed by atoms with Crippen LogP contribution in [0.4, 0.5) is 11.4 Å². The summed E-state index contributed by atoms with van der Waals surface area (Å²) < 4.78 is 0. The van der Waals surface area contributed by atoms with E-state index in [9.17, 15) is 14.4 Å². The van der Waals surface area contributed by atoms with Gasteiger partial charge in [-0.3, -0.25) is 14.4 Å². The normalized spacial score (nSPS) is 12.4. The summed E-state index contributed by atoms with van der Waals surface area (Å²) in [6.45, 7) is 10.3. The van der Waals surface area contributed by atoms with Gasteiger partial charge in [-0.05, 0) is 36.5 Å². The molecule has 0 bridgehead atoms. The Morgan fingerprint density at radius 1 is 1.13 bits per heavy atom. The van der Waals surface area contributed by atoms with E-state index in [0.717, 1.165) is 24.8 Å². The zero-order valence-corrected chi connectivity index (χ0v) is 18.5. The van der Waals surface area contributed by atoms with E-state index in [1.165, 1.54) is 4.90 Å². The van der Waals surface area contributed by atoms with Crippen molar-refractivity contribution in [3.63, 3.8) is 0 Å². The van der Waals surface area contributed by atoms with Crippen LogP contribution in [0.2, 0.25) is 0 Å². The number of carbonyl (C=O) groups is 1. The largest absolute Gasteiger partial charge is 0.377 e. The second-order valence-corrected chi connectivity index (χ2v) is 8.86. The zero-order valence-electron chi connectivity index (χ0n) is 18.5. The molecular weight excluding hydrogens is 378 g/mol. The van der Waals surface area contributed by atoms with Crippen LogP contribution in [-0.2, 0) is 11.3 Å². The predicted octanol–water partition coefficient (Wildman–Crippen LogP) is 4.11. The average Bonchev–Trinajstić information content (AvgIpc) is 2.71. The Morgan fingerprint density at radius 2 is 1.77 bits per heavy atom. The quantitative estimate of drug-likeness (QED) is 0.497. The van der Waals surface area contributed by atoms with Crippen molar-refractivity contribution in [3.05, 3.63) is 55.8 Å². The summed E-state index contributed by atoms with van der Waals surface area (Å²) in [7, 11) is 0. The molecule has 6 nitrogen and oxygen atoms in total. The van der Waals surface area contributed by atoms with Gasteiger partial charge in [0.05, 0.1) is 18.2 Å². The summed E-state index contributed by atoms with van der Waals surface area (Å²) in [5, 5.41) is 12.2. The maximum absolute atomic E-state index is 13.0. The van der Waals surface area contributed by atoms with E-state index in [2.05, 4.69) is 18.3 Å². The molecule has 0 fully saturated rings. The van der Waals surface area contributed by atoms with Gasteiger partial charge in [0.2, 0.25) is 5.91 Å². The van der Waals surface area contributed by atoms with Crippen molar-refractivity contribution in [2.75, 3.05) is 10.2 Å². The smallest absolute Gasteiger partial charge is 0.253 e. The fourth-order valence-corrected chi connectivity index (χ4v) is 3.02. The van der Waals surface area contributed by atoms with E-state index in [4.69, 9.17) is 5.26 Å². The topological polar surface area (TPSA) is 90.3 Å². The Hall–Kier alpha value is -2.94. The van der Waals surface area contributed by atoms with Gasteiger partial charge >= 0.3 is 0 Å². The van der Waals surface area contributed by atoms with Gasteiger partial charge in [0, 0.05) is 12.5 Å². The molecular formula is C24H31N3O3. The van der Waals surface area contributed by atoms with Gasteiger partial charge in [-0.2, -0.15) is 5.26 Å². The van der Waals surface area contributed by atoms with Crippen molar-refractivity contribution in [2.45, 2.75) is 72.9 Å².